The number of carbonyl (C=O) groups excluding carboxylic acids is 1. The molecule has 1 fully saturated rings. The topological polar surface area (TPSA) is 73.2 Å². The van der Waals surface area contributed by atoms with Gasteiger partial charge in [0.05, 0.1) is 28.4 Å². The van der Waals surface area contributed by atoms with E-state index in [1.54, 1.807) is 0 Å². The van der Waals surface area contributed by atoms with Crippen LogP contribution in [0.25, 0.3) is 10.9 Å². The van der Waals surface area contributed by atoms with E-state index < -0.39 is 0 Å². The molecule has 3 rings (SSSR count). The van der Waals surface area contributed by atoms with Gasteiger partial charge in [0.15, 0.2) is 0 Å². The number of benzene rings is 1. The Balaban J connectivity index is 1.76. The highest BCUT2D eigenvalue weighted by atomic mass is 35.5. The number of ether oxygens (including phenoxy) is 1. The number of hydrogen-bond acceptors (Lipinski definition) is 4. The lowest BCUT2D eigenvalue weighted by Gasteiger charge is -2.12. The summed E-state index contributed by atoms with van der Waals surface area (Å²) in [5, 5.41) is 3.71. The van der Waals surface area contributed by atoms with Gasteiger partial charge >= 0.3 is 0 Å². The van der Waals surface area contributed by atoms with Crippen LogP contribution in [0.5, 0.6) is 0 Å². The summed E-state index contributed by atoms with van der Waals surface area (Å²) in [5.74, 6) is -0.267. The summed E-state index contributed by atoms with van der Waals surface area (Å²) in [6.07, 6.45) is 3.32. The van der Waals surface area contributed by atoms with Crippen LogP contribution >= 0.6 is 23.2 Å². The number of aromatic nitrogens is 2. The standard InChI is InChI=1S/C15H15Cl2N3O3/c16-9-4-11-14(12(17)5-9)19-8-20(15(11)22)7-13(21)18-6-10-2-1-3-23-10/h4-5,8,10H,1-3,6-7H2,(H,18,21). The summed E-state index contributed by atoms with van der Waals surface area (Å²) in [5.41, 5.74) is 0.0174. The van der Waals surface area contributed by atoms with Gasteiger partial charge < -0.3 is 10.1 Å². The van der Waals surface area contributed by atoms with Crippen molar-refractivity contribution in [3.05, 3.63) is 38.9 Å². The van der Waals surface area contributed by atoms with Crippen molar-refractivity contribution in [2.24, 2.45) is 0 Å². The van der Waals surface area contributed by atoms with Crippen LogP contribution in [0.2, 0.25) is 10.0 Å². The predicted molar refractivity (Wildman–Crippen MR) is 88.0 cm³/mol. The van der Waals surface area contributed by atoms with E-state index in [1.807, 2.05) is 0 Å². The van der Waals surface area contributed by atoms with Gasteiger partial charge in [-0.2, -0.15) is 0 Å². The Morgan fingerprint density at radius 3 is 3.00 bits per heavy atom. The van der Waals surface area contributed by atoms with Gasteiger partial charge in [-0.3, -0.25) is 14.2 Å². The number of rotatable bonds is 4. The largest absolute Gasteiger partial charge is 0.376 e. The molecular formula is C15H15Cl2N3O3. The quantitative estimate of drug-likeness (QED) is 0.910. The number of hydrogen-bond donors (Lipinski definition) is 1. The fourth-order valence-electron chi connectivity index (χ4n) is 2.55. The molecule has 1 atom stereocenters. The van der Waals surface area contributed by atoms with Crippen molar-refractivity contribution in [3.8, 4) is 0 Å². The van der Waals surface area contributed by atoms with Crippen molar-refractivity contribution in [1.29, 1.82) is 0 Å². The molecule has 1 unspecified atom stereocenters. The van der Waals surface area contributed by atoms with E-state index in [2.05, 4.69) is 10.3 Å². The third-order valence-corrected chi connectivity index (χ3v) is 4.22. The molecule has 0 saturated carbocycles. The lowest BCUT2D eigenvalue weighted by atomic mass is 10.2. The molecule has 1 aliphatic heterocycles. The summed E-state index contributed by atoms with van der Waals surface area (Å²) in [6.45, 7) is 1.07. The highest BCUT2D eigenvalue weighted by Crippen LogP contribution is 2.23. The zero-order valence-corrected chi connectivity index (χ0v) is 13.7. The number of halogens is 2. The Labute approximate surface area is 142 Å². The third kappa shape index (κ3) is 3.65. The Hall–Kier alpha value is -1.63. The van der Waals surface area contributed by atoms with E-state index in [0.29, 0.717) is 22.1 Å². The fraction of sp³-hybridized carbons (Fsp3) is 0.400. The summed E-state index contributed by atoms with van der Waals surface area (Å²) in [6, 6.07) is 3.02. The highest BCUT2D eigenvalue weighted by Gasteiger charge is 2.17. The molecule has 0 spiro atoms. The van der Waals surface area contributed by atoms with Gasteiger partial charge in [0, 0.05) is 18.2 Å². The molecule has 0 radical (unpaired) electrons. The molecule has 1 aromatic carbocycles. The van der Waals surface area contributed by atoms with E-state index in [-0.39, 0.29) is 29.5 Å². The van der Waals surface area contributed by atoms with Crippen molar-refractivity contribution in [2.75, 3.05) is 13.2 Å². The summed E-state index contributed by atoms with van der Waals surface area (Å²) >= 11 is 11.9. The minimum absolute atomic E-state index is 0.0583. The second-order valence-electron chi connectivity index (χ2n) is 5.40. The van der Waals surface area contributed by atoms with E-state index in [0.717, 1.165) is 19.4 Å². The van der Waals surface area contributed by atoms with Crippen molar-refractivity contribution in [3.63, 3.8) is 0 Å². The molecule has 1 saturated heterocycles. The minimum Gasteiger partial charge on any atom is -0.376 e. The first-order valence-corrected chi connectivity index (χ1v) is 8.02. The number of nitrogens with one attached hydrogen (secondary N) is 1. The molecule has 1 amide bonds. The maximum Gasteiger partial charge on any atom is 0.261 e. The number of fused-ring (bicyclic) bond motifs is 1. The monoisotopic (exact) mass is 355 g/mol. The summed E-state index contributed by atoms with van der Waals surface area (Å²) < 4.78 is 6.67. The molecule has 8 heteroatoms. The second kappa shape index (κ2) is 6.86. The van der Waals surface area contributed by atoms with Crippen LogP contribution in [0.4, 0.5) is 0 Å². The molecule has 6 nitrogen and oxygen atoms in total. The van der Waals surface area contributed by atoms with Gasteiger partial charge in [0.1, 0.15) is 6.54 Å². The third-order valence-electron chi connectivity index (χ3n) is 3.71. The maximum atomic E-state index is 12.4. The molecule has 0 aliphatic carbocycles. The van der Waals surface area contributed by atoms with E-state index in [4.69, 9.17) is 27.9 Å². The molecular weight excluding hydrogens is 341 g/mol. The maximum absolute atomic E-state index is 12.4. The number of amides is 1. The molecule has 1 aliphatic rings. The average molecular weight is 356 g/mol. The normalized spacial score (nSPS) is 17.6. The summed E-state index contributed by atoms with van der Waals surface area (Å²) in [7, 11) is 0. The fourth-order valence-corrected chi connectivity index (χ4v) is 3.09. The lowest BCUT2D eigenvalue weighted by Crippen LogP contribution is -2.36. The van der Waals surface area contributed by atoms with Gasteiger partial charge in [-0.05, 0) is 25.0 Å². The zero-order valence-electron chi connectivity index (χ0n) is 12.2. The first-order valence-electron chi connectivity index (χ1n) is 7.27. The Morgan fingerprint density at radius 1 is 1.43 bits per heavy atom. The zero-order chi connectivity index (χ0) is 16.4. The molecule has 1 aromatic heterocycles. The van der Waals surface area contributed by atoms with Crippen molar-refractivity contribution >= 4 is 40.0 Å². The van der Waals surface area contributed by atoms with Crippen LogP contribution in [0.1, 0.15) is 12.8 Å². The van der Waals surface area contributed by atoms with Gasteiger partial charge in [-0.1, -0.05) is 23.2 Å². The van der Waals surface area contributed by atoms with E-state index >= 15 is 0 Å². The first-order chi connectivity index (χ1) is 11.0. The molecule has 122 valence electrons. The van der Waals surface area contributed by atoms with Gasteiger partial charge in [0.25, 0.3) is 5.56 Å². The molecule has 0 bridgehead atoms. The van der Waals surface area contributed by atoms with Crippen LogP contribution < -0.4 is 10.9 Å². The molecule has 1 N–H and O–H groups in total. The second-order valence-corrected chi connectivity index (χ2v) is 6.24. The summed E-state index contributed by atoms with van der Waals surface area (Å²) in [4.78, 5) is 28.6. The number of nitrogens with zero attached hydrogens (tertiary/aromatic N) is 2. The van der Waals surface area contributed by atoms with Crippen LogP contribution in [0.3, 0.4) is 0 Å². The van der Waals surface area contributed by atoms with Crippen LogP contribution in [0, 0.1) is 0 Å². The highest BCUT2D eigenvalue weighted by molar-refractivity contribution is 6.38. The van der Waals surface area contributed by atoms with Crippen molar-refractivity contribution in [1.82, 2.24) is 14.9 Å². The molecule has 23 heavy (non-hydrogen) atoms. The average Bonchev–Trinajstić information content (AvgIpc) is 3.02. The van der Waals surface area contributed by atoms with Crippen LogP contribution in [-0.4, -0.2) is 34.7 Å². The first kappa shape index (κ1) is 16.2. The smallest absolute Gasteiger partial charge is 0.261 e. The van der Waals surface area contributed by atoms with Crippen molar-refractivity contribution in [2.45, 2.75) is 25.5 Å². The molecule has 2 heterocycles. The Morgan fingerprint density at radius 2 is 2.26 bits per heavy atom. The Kier molecular flexibility index (Phi) is 4.84. The van der Waals surface area contributed by atoms with Gasteiger partial charge in [0.2, 0.25) is 5.91 Å². The Bertz CT molecular complexity index is 800. The van der Waals surface area contributed by atoms with E-state index in [9.17, 15) is 9.59 Å². The minimum atomic E-state index is -0.355. The van der Waals surface area contributed by atoms with Gasteiger partial charge in [-0.15, -0.1) is 0 Å². The van der Waals surface area contributed by atoms with Gasteiger partial charge in [-0.25, -0.2) is 4.98 Å². The van der Waals surface area contributed by atoms with Crippen LogP contribution in [-0.2, 0) is 16.1 Å². The van der Waals surface area contributed by atoms with Crippen LogP contribution in [0.15, 0.2) is 23.3 Å². The molecule has 2 aromatic rings. The predicted octanol–water partition coefficient (Wildman–Crippen LogP) is 2.00. The number of carbonyl (C=O) groups is 1. The van der Waals surface area contributed by atoms with E-state index in [1.165, 1.54) is 23.0 Å². The SMILES string of the molecule is O=C(Cn1cnc2c(Cl)cc(Cl)cc2c1=O)NCC1CCCO1. The lowest BCUT2D eigenvalue weighted by molar-refractivity contribution is -0.122. The van der Waals surface area contributed by atoms with Crippen molar-refractivity contribution < 1.29 is 9.53 Å².